The molecule has 1 aromatic rings. The van der Waals surface area contributed by atoms with Gasteiger partial charge in [0.1, 0.15) is 75.3 Å². The number of quaternary nitrogens is 2. The quantitative estimate of drug-likeness (QED) is 0.293. The fourth-order valence-electron chi connectivity index (χ4n) is 3.76. The van der Waals surface area contributed by atoms with Crippen molar-refractivity contribution in [2.24, 2.45) is 0 Å². The van der Waals surface area contributed by atoms with E-state index < -0.39 is 12.2 Å². The number of hydrogen-bond acceptors (Lipinski definition) is 6. The summed E-state index contributed by atoms with van der Waals surface area (Å²) in [6.45, 7) is 5.20. The van der Waals surface area contributed by atoms with Gasteiger partial charge < -0.3 is 39.8 Å². The van der Waals surface area contributed by atoms with Crippen LogP contribution in [0.15, 0.2) is 24.3 Å². The lowest BCUT2D eigenvalue weighted by atomic mass is 10.2. The van der Waals surface area contributed by atoms with Gasteiger partial charge in [-0.05, 0) is 49.9 Å². The number of hydrogen-bond donors (Lipinski definition) is 4. The SMILES string of the molecule is O[C@H](C[NH2+]C[C@@H]1CCCO1)COc1ccc(OC[C@@H](O)C[NH2+]C[C@@H]2CCCO2)cc1. The Morgan fingerprint density at radius 3 is 1.60 bits per heavy atom. The zero-order chi connectivity index (χ0) is 21.0. The maximum atomic E-state index is 10.1. The summed E-state index contributed by atoms with van der Waals surface area (Å²) in [7, 11) is 0. The molecule has 0 bridgehead atoms. The van der Waals surface area contributed by atoms with E-state index in [1.54, 1.807) is 0 Å². The van der Waals surface area contributed by atoms with Crippen molar-refractivity contribution in [3.8, 4) is 11.5 Å². The van der Waals surface area contributed by atoms with Gasteiger partial charge in [-0.3, -0.25) is 0 Å². The average Bonchev–Trinajstić information content (AvgIpc) is 3.46. The van der Waals surface area contributed by atoms with E-state index in [0.717, 1.165) is 52.0 Å². The van der Waals surface area contributed by atoms with Crippen molar-refractivity contribution >= 4 is 0 Å². The lowest BCUT2D eigenvalue weighted by molar-refractivity contribution is -0.666. The predicted molar refractivity (Wildman–Crippen MR) is 111 cm³/mol. The molecule has 0 spiro atoms. The third kappa shape index (κ3) is 8.75. The minimum atomic E-state index is -0.525. The van der Waals surface area contributed by atoms with Crippen molar-refractivity contribution in [1.82, 2.24) is 0 Å². The normalized spacial score (nSPS) is 23.4. The molecule has 2 aliphatic heterocycles. The van der Waals surface area contributed by atoms with E-state index in [4.69, 9.17) is 18.9 Å². The number of nitrogens with two attached hydrogens (primary N) is 2. The van der Waals surface area contributed by atoms with Crippen LogP contribution in [0, 0.1) is 0 Å². The molecular weight excluding hydrogens is 388 g/mol. The maximum absolute atomic E-state index is 10.1. The standard InChI is InChI=1S/C22H36N2O6/c25-17(11-23-13-21-3-1-9-27-21)15-29-19-5-7-20(8-6-19)30-16-18(26)12-24-14-22-4-2-10-28-22/h5-8,17-18,21-26H,1-4,9-16H2/p+2/t17-,18+,21-,22-/m0/s1. The van der Waals surface area contributed by atoms with Crippen LogP contribution in [-0.4, -0.2) is 87.2 Å². The highest BCUT2D eigenvalue weighted by molar-refractivity contribution is 5.31. The summed E-state index contributed by atoms with van der Waals surface area (Å²) in [5.74, 6) is 1.37. The van der Waals surface area contributed by atoms with E-state index >= 15 is 0 Å². The summed E-state index contributed by atoms with van der Waals surface area (Å²) in [5.41, 5.74) is 0. The highest BCUT2D eigenvalue weighted by atomic mass is 16.5. The smallest absolute Gasteiger partial charge is 0.137 e. The number of ether oxygens (including phenoxy) is 4. The Morgan fingerprint density at radius 1 is 0.800 bits per heavy atom. The van der Waals surface area contributed by atoms with Crippen LogP contribution in [0.1, 0.15) is 25.7 Å². The molecule has 2 fully saturated rings. The zero-order valence-corrected chi connectivity index (χ0v) is 17.8. The minimum Gasteiger partial charge on any atom is -0.491 e. The molecule has 0 aliphatic carbocycles. The Morgan fingerprint density at radius 2 is 1.23 bits per heavy atom. The molecule has 3 rings (SSSR count). The molecule has 4 atom stereocenters. The van der Waals surface area contributed by atoms with Crippen LogP contribution in [0.5, 0.6) is 11.5 Å². The molecule has 2 saturated heterocycles. The summed E-state index contributed by atoms with van der Waals surface area (Å²) in [4.78, 5) is 0. The molecule has 0 amide bonds. The van der Waals surface area contributed by atoms with Crippen molar-refractivity contribution in [3.05, 3.63) is 24.3 Å². The molecule has 0 unspecified atom stereocenters. The van der Waals surface area contributed by atoms with Gasteiger partial charge in [-0.15, -0.1) is 0 Å². The molecule has 6 N–H and O–H groups in total. The second-order valence-electron chi connectivity index (χ2n) is 8.19. The number of aliphatic hydroxyl groups is 2. The summed E-state index contributed by atoms with van der Waals surface area (Å²) < 4.78 is 22.4. The molecule has 30 heavy (non-hydrogen) atoms. The fourth-order valence-corrected chi connectivity index (χ4v) is 3.76. The third-order valence-electron chi connectivity index (χ3n) is 5.49. The Balaban J connectivity index is 1.23. The molecule has 0 radical (unpaired) electrons. The number of benzene rings is 1. The van der Waals surface area contributed by atoms with Gasteiger partial charge in [0, 0.05) is 13.2 Å². The van der Waals surface area contributed by atoms with Crippen molar-refractivity contribution in [2.45, 2.75) is 50.1 Å². The largest absolute Gasteiger partial charge is 0.491 e. The second kappa shape index (κ2) is 13.1. The number of rotatable bonds is 14. The Bertz CT molecular complexity index is 524. The van der Waals surface area contributed by atoms with Crippen molar-refractivity contribution in [3.63, 3.8) is 0 Å². The van der Waals surface area contributed by atoms with E-state index in [1.165, 1.54) is 0 Å². The first kappa shape index (κ1) is 23.2. The Kier molecular flexibility index (Phi) is 10.1. The van der Waals surface area contributed by atoms with Gasteiger partial charge in [-0.1, -0.05) is 0 Å². The van der Waals surface area contributed by atoms with Crippen LogP contribution < -0.4 is 20.1 Å². The zero-order valence-electron chi connectivity index (χ0n) is 17.8. The van der Waals surface area contributed by atoms with Crippen LogP contribution in [0.4, 0.5) is 0 Å². The lowest BCUT2D eigenvalue weighted by Crippen LogP contribution is -2.88. The van der Waals surface area contributed by atoms with Gasteiger partial charge in [0.05, 0.1) is 0 Å². The molecule has 2 aliphatic rings. The first-order valence-electron chi connectivity index (χ1n) is 11.3. The highest BCUT2D eigenvalue weighted by Gasteiger charge is 2.19. The van der Waals surface area contributed by atoms with Gasteiger partial charge in [-0.2, -0.15) is 0 Å². The molecule has 0 aromatic heterocycles. The highest BCUT2D eigenvalue weighted by Crippen LogP contribution is 2.18. The monoisotopic (exact) mass is 426 g/mol. The van der Waals surface area contributed by atoms with Crippen molar-refractivity contribution < 1.29 is 39.8 Å². The fraction of sp³-hybridized carbons (Fsp3) is 0.727. The summed E-state index contributed by atoms with van der Waals surface area (Å²) in [6, 6.07) is 7.25. The molecule has 1 aromatic carbocycles. The van der Waals surface area contributed by atoms with Gasteiger partial charge in [-0.25, -0.2) is 0 Å². The molecule has 8 nitrogen and oxygen atoms in total. The minimum absolute atomic E-state index is 0.251. The van der Waals surface area contributed by atoms with Gasteiger partial charge in [0.2, 0.25) is 0 Å². The van der Waals surface area contributed by atoms with Crippen LogP contribution in [0.3, 0.4) is 0 Å². The maximum Gasteiger partial charge on any atom is 0.137 e. The van der Waals surface area contributed by atoms with Crippen LogP contribution >= 0.6 is 0 Å². The van der Waals surface area contributed by atoms with E-state index in [2.05, 4.69) is 10.6 Å². The first-order chi connectivity index (χ1) is 14.7. The van der Waals surface area contributed by atoms with Crippen LogP contribution in [0.2, 0.25) is 0 Å². The van der Waals surface area contributed by atoms with Gasteiger partial charge in [0.15, 0.2) is 0 Å². The molecule has 8 heteroatoms. The molecular formula is C22H38N2O6+2. The molecule has 170 valence electrons. The van der Waals surface area contributed by atoms with Gasteiger partial charge >= 0.3 is 0 Å². The van der Waals surface area contributed by atoms with Crippen LogP contribution in [0.25, 0.3) is 0 Å². The predicted octanol–water partition coefficient (Wildman–Crippen LogP) is -1.35. The molecule has 0 saturated carbocycles. The average molecular weight is 427 g/mol. The molecule has 2 heterocycles. The Hall–Kier alpha value is -1.42. The number of aliphatic hydroxyl groups excluding tert-OH is 2. The van der Waals surface area contributed by atoms with Crippen molar-refractivity contribution in [1.29, 1.82) is 0 Å². The lowest BCUT2D eigenvalue weighted by Gasteiger charge is -2.14. The first-order valence-corrected chi connectivity index (χ1v) is 11.3. The third-order valence-corrected chi connectivity index (χ3v) is 5.49. The van der Waals surface area contributed by atoms with Crippen molar-refractivity contribution in [2.75, 3.05) is 52.6 Å². The van der Waals surface area contributed by atoms with Gasteiger partial charge in [0.25, 0.3) is 0 Å². The Labute approximate surface area is 178 Å². The van der Waals surface area contributed by atoms with E-state index in [0.29, 0.717) is 36.8 Å². The topological polar surface area (TPSA) is 111 Å². The van der Waals surface area contributed by atoms with E-state index in [1.807, 2.05) is 24.3 Å². The summed E-state index contributed by atoms with van der Waals surface area (Å²) >= 11 is 0. The summed E-state index contributed by atoms with van der Waals surface area (Å²) in [5, 5.41) is 24.3. The van der Waals surface area contributed by atoms with Crippen LogP contribution in [-0.2, 0) is 9.47 Å². The summed E-state index contributed by atoms with van der Waals surface area (Å²) in [6.07, 6.45) is 4.09. The van der Waals surface area contributed by atoms with E-state index in [9.17, 15) is 10.2 Å². The van der Waals surface area contributed by atoms with E-state index in [-0.39, 0.29) is 13.2 Å². The second-order valence-corrected chi connectivity index (χ2v) is 8.19.